The molecule has 2 unspecified atom stereocenters. The minimum absolute atomic E-state index is 0.0665. The van der Waals surface area contributed by atoms with Gasteiger partial charge in [-0.1, -0.05) is 39.5 Å². The molecule has 0 saturated carbocycles. The van der Waals surface area contributed by atoms with Gasteiger partial charge in [0.05, 0.1) is 42.6 Å². The number of fused-ring (bicyclic) bond motifs is 1. The van der Waals surface area contributed by atoms with E-state index < -0.39 is 27.7 Å². The van der Waals surface area contributed by atoms with E-state index in [9.17, 15) is 18.0 Å². The van der Waals surface area contributed by atoms with Crippen LogP contribution in [0.4, 0.5) is 0 Å². The monoisotopic (exact) mass is 603 g/mol. The van der Waals surface area contributed by atoms with E-state index in [0.29, 0.717) is 43.2 Å². The molecule has 0 radical (unpaired) electrons. The lowest BCUT2D eigenvalue weighted by atomic mass is 10.0. The van der Waals surface area contributed by atoms with E-state index in [1.165, 1.54) is 23.4 Å². The van der Waals surface area contributed by atoms with Crippen molar-refractivity contribution in [3.8, 4) is 17.1 Å². The molecule has 3 heterocycles. The maximum Gasteiger partial charge on any atom is 0.302 e. The molecule has 4 rings (SSSR count). The third-order valence-electron chi connectivity index (χ3n) is 7.31. The Balaban J connectivity index is 1.82. The summed E-state index contributed by atoms with van der Waals surface area (Å²) in [6.45, 7) is 8.85. The summed E-state index contributed by atoms with van der Waals surface area (Å²) in [6, 6.07) is 4.29. The average molecular weight is 604 g/mol. The van der Waals surface area contributed by atoms with Gasteiger partial charge in [-0.25, -0.2) is 18.4 Å². The van der Waals surface area contributed by atoms with E-state index in [1.807, 2.05) is 13.8 Å². The lowest BCUT2D eigenvalue weighted by Crippen LogP contribution is -2.40. The summed E-state index contributed by atoms with van der Waals surface area (Å²) < 4.78 is 46.9. The second-order valence-electron chi connectivity index (χ2n) is 10.5. The number of hydrogen-bond acceptors (Lipinski definition) is 9. The molecule has 1 aliphatic rings. The number of nitrogens with one attached hydrogen (secondary N) is 1. The fraction of sp³-hybridized carbons (Fsp3) is 0.586. The first-order chi connectivity index (χ1) is 20.2. The third kappa shape index (κ3) is 7.19. The summed E-state index contributed by atoms with van der Waals surface area (Å²) in [5.74, 6) is 0.160. The van der Waals surface area contributed by atoms with Crippen molar-refractivity contribution in [3.63, 3.8) is 0 Å². The summed E-state index contributed by atoms with van der Waals surface area (Å²) in [7, 11) is -3.82. The highest BCUT2D eigenvalue weighted by Gasteiger charge is 2.29. The van der Waals surface area contributed by atoms with E-state index in [4.69, 9.17) is 19.2 Å². The molecule has 0 amide bonds. The number of carbonyl (C=O) groups excluding carboxylic acids is 1. The zero-order chi connectivity index (χ0) is 30.3. The number of benzene rings is 1. The van der Waals surface area contributed by atoms with Gasteiger partial charge in [0, 0.05) is 20.0 Å². The predicted octanol–water partition coefficient (Wildman–Crippen LogP) is 4.06. The largest absolute Gasteiger partial charge is 0.493 e. The van der Waals surface area contributed by atoms with Crippen LogP contribution in [0.15, 0.2) is 34.2 Å². The van der Waals surface area contributed by atoms with Crippen molar-refractivity contribution < 1.29 is 27.4 Å². The Hall–Kier alpha value is -3.29. The summed E-state index contributed by atoms with van der Waals surface area (Å²) >= 11 is 0. The number of carbonyl (C=O) groups is 1. The topological polar surface area (TPSA) is 146 Å². The van der Waals surface area contributed by atoms with Crippen LogP contribution >= 0.6 is 0 Å². The van der Waals surface area contributed by atoms with Crippen LogP contribution < -0.4 is 10.3 Å². The first-order valence-corrected chi connectivity index (χ1v) is 16.1. The molecular weight excluding hydrogens is 562 g/mol. The smallest absolute Gasteiger partial charge is 0.302 e. The zero-order valence-electron chi connectivity index (χ0n) is 24.8. The standard InChI is InChI=1S/C29H41N5O7S/c1-5-7-8-9-10-24(20(3)41-21(4)35)34-19-30-26-28(34)31-27(32-29(26)36)23-18-22(11-12-25(23)40-15-6-2)42(37,38)33-13-16-39-17-14-33/h11-12,18-20,24H,5-10,13-17H2,1-4H3,(H,31,32,36). The Morgan fingerprint density at radius 3 is 2.60 bits per heavy atom. The van der Waals surface area contributed by atoms with Gasteiger partial charge in [-0.3, -0.25) is 9.59 Å². The SMILES string of the molecule is CCCCCCC(C(C)OC(C)=O)n1cnc2c(=O)[nH]c(-c3cc(S(=O)(=O)N4CCOCC4)ccc3OCCC)nc21. The van der Waals surface area contributed by atoms with Crippen LogP contribution in [0.1, 0.15) is 72.3 Å². The molecule has 2 aromatic heterocycles. The van der Waals surface area contributed by atoms with Crippen LogP contribution in [0, 0.1) is 0 Å². The molecular formula is C29H41N5O7S. The Kier molecular flexibility index (Phi) is 10.7. The third-order valence-corrected chi connectivity index (χ3v) is 9.21. The van der Waals surface area contributed by atoms with Crippen molar-refractivity contribution in [2.45, 2.75) is 83.3 Å². The number of H-pyrrole nitrogens is 1. The van der Waals surface area contributed by atoms with Crippen molar-refractivity contribution in [3.05, 3.63) is 34.9 Å². The Labute approximate surface area is 246 Å². The number of imidazole rings is 1. The normalized spacial score (nSPS) is 15.9. The predicted molar refractivity (Wildman–Crippen MR) is 158 cm³/mol. The molecule has 1 aliphatic heterocycles. The molecule has 2 atom stereocenters. The molecule has 0 aliphatic carbocycles. The summed E-state index contributed by atoms with van der Waals surface area (Å²) in [5.41, 5.74) is 0.329. The van der Waals surface area contributed by atoms with Crippen LogP contribution in [-0.4, -0.2) is 77.2 Å². The van der Waals surface area contributed by atoms with Crippen molar-refractivity contribution in [1.29, 1.82) is 0 Å². The molecule has 230 valence electrons. The van der Waals surface area contributed by atoms with E-state index >= 15 is 0 Å². The fourth-order valence-electron chi connectivity index (χ4n) is 5.15. The maximum atomic E-state index is 13.5. The van der Waals surface area contributed by atoms with Crippen molar-refractivity contribution in [2.24, 2.45) is 0 Å². The number of sulfonamides is 1. The van der Waals surface area contributed by atoms with Crippen LogP contribution in [0.2, 0.25) is 0 Å². The number of morpholine rings is 1. The number of rotatable bonds is 14. The highest BCUT2D eigenvalue weighted by atomic mass is 32.2. The molecule has 1 aromatic carbocycles. The molecule has 0 spiro atoms. The van der Waals surface area contributed by atoms with Gasteiger partial charge in [0.2, 0.25) is 10.0 Å². The number of ether oxygens (including phenoxy) is 3. The number of aromatic nitrogens is 4. The molecule has 0 bridgehead atoms. The van der Waals surface area contributed by atoms with Gasteiger partial charge in [0.25, 0.3) is 5.56 Å². The van der Waals surface area contributed by atoms with E-state index in [1.54, 1.807) is 17.0 Å². The zero-order valence-corrected chi connectivity index (χ0v) is 25.6. The average Bonchev–Trinajstić information content (AvgIpc) is 3.40. The van der Waals surface area contributed by atoms with Crippen LogP contribution in [0.3, 0.4) is 0 Å². The van der Waals surface area contributed by atoms with Crippen molar-refractivity contribution >= 4 is 27.2 Å². The van der Waals surface area contributed by atoms with Crippen molar-refractivity contribution in [2.75, 3.05) is 32.9 Å². The van der Waals surface area contributed by atoms with Gasteiger partial charge in [-0.05, 0) is 38.0 Å². The van der Waals surface area contributed by atoms with Crippen LogP contribution in [-0.2, 0) is 24.3 Å². The summed E-state index contributed by atoms with van der Waals surface area (Å²) in [4.78, 5) is 37.1. The summed E-state index contributed by atoms with van der Waals surface area (Å²) in [6.07, 6.45) is 6.59. The lowest BCUT2D eigenvalue weighted by Gasteiger charge is -2.26. The number of aromatic amines is 1. The second kappa shape index (κ2) is 14.3. The Morgan fingerprint density at radius 2 is 1.90 bits per heavy atom. The number of hydrogen-bond donors (Lipinski definition) is 1. The van der Waals surface area contributed by atoms with Gasteiger partial charge in [0.15, 0.2) is 11.2 Å². The first kappa shape index (κ1) is 31.6. The highest BCUT2D eigenvalue weighted by molar-refractivity contribution is 7.89. The summed E-state index contributed by atoms with van der Waals surface area (Å²) in [5, 5.41) is 0. The number of nitrogens with zero attached hydrogens (tertiary/aromatic N) is 4. The van der Waals surface area contributed by atoms with Crippen LogP contribution in [0.5, 0.6) is 5.75 Å². The lowest BCUT2D eigenvalue weighted by molar-refractivity contribution is -0.147. The molecule has 12 nitrogen and oxygen atoms in total. The second-order valence-corrected chi connectivity index (χ2v) is 12.4. The fourth-order valence-corrected chi connectivity index (χ4v) is 6.58. The van der Waals surface area contributed by atoms with Crippen molar-refractivity contribution in [1.82, 2.24) is 23.8 Å². The minimum atomic E-state index is -3.82. The van der Waals surface area contributed by atoms with E-state index in [0.717, 1.165) is 32.1 Å². The van der Waals surface area contributed by atoms with Gasteiger partial charge in [-0.2, -0.15) is 4.31 Å². The first-order valence-electron chi connectivity index (χ1n) is 14.7. The van der Waals surface area contributed by atoms with Gasteiger partial charge in [-0.15, -0.1) is 0 Å². The highest BCUT2D eigenvalue weighted by Crippen LogP contribution is 2.33. The number of unbranched alkanes of at least 4 members (excludes halogenated alkanes) is 3. The Morgan fingerprint density at radius 1 is 1.14 bits per heavy atom. The molecule has 1 saturated heterocycles. The van der Waals surface area contributed by atoms with Crippen LogP contribution in [0.25, 0.3) is 22.6 Å². The molecule has 42 heavy (non-hydrogen) atoms. The molecule has 1 fully saturated rings. The minimum Gasteiger partial charge on any atom is -0.493 e. The number of esters is 1. The molecule has 1 N–H and O–H groups in total. The van der Waals surface area contributed by atoms with E-state index in [-0.39, 0.29) is 35.4 Å². The molecule has 13 heteroatoms. The Bertz CT molecular complexity index is 1530. The van der Waals surface area contributed by atoms with Gasteiger partial charge in [0.1, 0.15) is 17.7 Å². The maximum absolute atomic E-state index is 13.5. The van der Waals surface area contributed by atoms with Gasteiger partial charge < -0.3 is 23.8 Å². The quantitative estimate of drug-likeness (QED) is 0.213. The van der Waals surface area contributed by atoms with E-state index in [2.05, 4.69) is 16.9 Å². The van der Waals surface area contributed by atoms with Gasteiger partial charge >= 0.3 is 5.97 Å². The molecule has 3 aromatic rings.